The van der Waals surface area contributed by atoms with Gasteiger partial charge in [0.2, 0.25) is 0 Å². The maximum atomic E-state index is 10.9. The Bertz CT molecular complexity index is 703. The molecule has 102 valence electrons. The fourth-order valence-corrected chi connectivity index (χ4v) is 2.71. The van der Waals surface area contributed by atoms with E-state index in [1.54, 1.807) is 18.2 Å². The smallest absolute Gasteiger partial charge is 0.345 e. The van der Waals surface area contributed by atoms with Gasteiger partial charge in [0.25, 0.3) is 0 Å². The van der Waals surface area contributed by atoms with Gasteiger partial charge in [-0.15, -0.1) is 11.3 Å². The monoisotopic (exact) mass is 307 g/mol. The van der Waals surface area contributed by atoms with Crippen LogP contribution in [-0.4, -0.2) is 11.1 Å². The minimum absolute atomic E-state index is 0.237. The molecular weight excluding hydrogens is 298 g/mol. The lowest BCUT2D eigenvalue weighted by Crippen LogP contribution is -1.97. The molecule has 0 aliphatic rings. The summed E-state index contributed by atoms with van der Waals surface area (Å²) in [5.74, 6) is -0.478. The minimum atomic E-state index is -0.944. The van der Waals surface area contributed by atoms with Crippen LogP contribution >= 0.6 is 22.9 Å². The van der Waals surface area contributed by atoms with Crippen LogP contribution in [0.4, 0.5) is 0 Å². The van der Waals surface area contributed by atoms with Gasteiger partial charge in [-0.2, -0.15) is 5.26 Å². The zero-order valence-corrected chi connectivity index (χ0v) is 12.1. The van der Waals surface area contributed by atoms with Crippen molar-refractivity contribution in [1.82, 2.24) is 0 Å². The molecule has 6 heteroatoms. The van der Waals surface area contributed by atoms with Gasteiger partial charge < -0.3 is 9.84 Å². The van der Waals surface area contributed by atoms with Crippen molar-refractivity contribution in [3.05, 3.63) is 50.2 Å². The Balaban J connectivity index is 2.13. The third kappa shape index (κ3) is 3.10. The number of aromatic carboxylic acids is 1. The molecule has 1 N–H and O–H groups in total. The van der Waals surface area contributed by atoms with E-state index in [4.69, 9.17) is 26.7 Å². The predicted octanol–water partition coefficient (Wildman–Crippen LogP) is 3.86. The summed E-state index contributed by atoms with van der Waals surface area (Å²) in [4.78, 5) is 12.1. The molecule has 20 heavy (non-hydrogen) atoms. The highest BCUT2D eigenvalue weighted by Crippen LogP contribution is 2.28. The zero-order valence-electron chi connectivity index (χ0n) is 10.5. The first-order valence-corrected chi connectivity index (χ1v) is 6.85. The van der Waals surface area contributed by atoms with Gasteiger partial charge in [-0.25, -0.2) is 4.79 Å². The van der Waals surface area contributed by atoms with Crippen molar-refractivity contribution in [3.63, 3.8) is 0 Å². The minimum Gasteiger partial charge on any atom is -0.487 e. The van der Waals surface area contributed by atoms with Crippen molar-refractivity contribution in [1.29, 1.82) is 5.26 Å². The predicted molar refractivity (Wildman–Crippen MR) is 76.5 cm³/mol. The van der Waals surface area contributed by atoms with Gasteiger partial charge in [0.05, 0.1) is 16.7 Å². The summed E-state index contributed by atoms with van der Waals surface area (Å²) in [6.45, 7) is 2.08. The third-order valence-electron chi connectivity index (χ3n) is 2.68. The molecule has 4 nitrogen and oxygen atoms in total. The van der Waals surface area contributed by atoms with E-state index in [0.29, 0.717) is 16.3 Å². The lowest BCUT2D eigenvalue weighted by molar-refractivity contribution is 0.0702. The first kappa shape index (κ1) is 14.4. The number of carboxylic acids is 1. The van der Waals surface area contributed by atoms with Crippen molar-refractivity contribution in [2.24, 2.45) is 0 Å². The number of nitrogens with zero attached hydrogens (tertiary/aromatic N) is 1. The molecule has 1 heterocycles. The van der Waals surface area contributed by atoms with Gasteiger partial charge in [0.1, 0.15) is 17.2 Å². The number of nitriles is 1. The van der Waals surface area contributed by atoms with E-state index in [1.807, 2.05) is 13.0 Å². The van der Waals surface area contributed by atoms with E-state index < -0.39 is 5.97 Å². The Morgan fingerprint density at radius 2 is 2.25 bits per heavy atom. The summed E-state index contributed by atoms with van der Waals surface area (Å²) in [6.07, 6.45) is 0. The van der Waals surface area contributed by atoms with Crippen molar-refractivity contribution >= 4 is 28.9 Å². The fourth-order valence-electron chi connectivity index (χ4n) is 1.61. The quantitative estimate of drug-likeness (QED) is 0.931. The Labute approximate surface area is 124 Å². The molecule has 2 aromatic rings. The van der Waals surface area contributed by atoms with E-state index in [9.17, 15) is 4.79 Å². The molecule has 0 bridgehead atoms. The van der Waals surface area contributed by atoms with Gasteiger partial charge in [-0.3, -0.25) is 0 Å². The molecule has 0 atom stereocenters. The van der Waals surface area contributed by atoms with E-state index in [-0.39, 0.29) is 11.5 Å². The van der Waals surface area contributed by atoms with Crippen LogP contribution in [-0.2, 0) is 6.61 Å². The number of ether oxygens (including phenoxy) is 1. The molecule has 0 saturated heterocycles. The van der Waals surface area contributed by atoms with Crippen LogP contribution in [0.2, 0.25) is 5.02 Å². The first-order valence-electron chi connectivity index (χ1n) is 5.66. The summed E-state index contributed by atoms with van der Waals surface area (Å²) in [7, 11) is 0. The molecule has 1 aromatic heterocycles. The first-order chi connectivity index (χ1) is 9.51. The number of carbonyl (C=O) groups is 1. The van der Waals surface area contributed by atoms with Crippen LogP contribution < -0.4 is 4.74 Å². The van der Waals surface area contributed by atoms with Crippen LogP contribution in [0.25, 0.3) is 0 Å². The molecule has 0 amide bonds. The molecule has 0 aliphatic carbocycles. The Morgan fingerprint density at radius 1 is 1.50 bits per heavy atom. The van der Waals surface area contributed by atoms with E-state index >= 15 is 0 Å². The van der Waals surface area contributed by atoms with Crippen LogP contribution in [0, 0.1) is 18.3 Å². The highest BCUT2D eigenvalue weighted by molar-refractivity contribution is 7.14. The zero-order chi connectivity index (χ0) is 14.7. The Morgan fingerprint density at radius 3 is 2.80 bits per heavy atom. The Kier molecular flexibility index (Phi) is 4.28. The second kappa shape index (κ2) is 5.95. The maximum Gasteiger partial charge on any atom is 0.345 e. The van der Waals surface area contributed by atoms with E-state index in [0.717, 1.165) is 10.4 Å². The number of benzene rings is 1. The van der Waals surface area contributed by atoms with E-state index in [2.05, 4.69) is 0 Å². The summed E-state index contributed by atoms with van der Waals surface area (Å²) in [5, 5.41) is 18.0. The molecule has 0 fully saturated rings. The highest BCUT2D eigenvalue weighted by atomic mass is 35.5. The molecule has 0 unspecified atom stereocenters. The molecule has 0 aliphatic heterocycles. The normalized spacial score (nSPS) is 10.1. The van der Waals surface area contributed by atoms with Gasteiger partial charge in [-0.1, -0.05) is 11.6 Å². The largest absolute Gasteiger partial charge is 0.487 e. The maximum absolute atomic E-state index is 10.9. The Hall–Kier alpha value is -2.03. The summed E-state index contributed by atoms with van der Waals surface area (Å²) >= 11 is 7.21. The highest BCUT2D eigenvalue weighted by Gasteiger charge is 2.12. The lowest BCUT2D eigenvalue weighted by atomic mass is 10.2. The fraction of sp³-hybridized carbons (Fsp3) is 0.143. The number of rotatable bonds is 4. The topological polar surface area (TPSA) is 70.3 Å². The van der Waals surface area contributed by atoms with Crippen LogP contribution in [0.3, 0.4) is 0 Å². The number of aryl methyl sites for hydroxylation is 1. The standard InChI is InChI=1S/C14H10ClNO3S/c1-8-10(5-13(20-8)14(17)18)7-19-12-3-2-9(6-16)4-11(12)15/h2-5H,7H2,1H3,(H,17,18). The van der Waals surface area contributed by atoms with Gasteiger partial charge in [0, 0.05) is 10.4 Å². The lowest BCUT2D eigenvalue weighted by Gasteiger charge is -2.07. The van der Waals surface area contributed by atoms with Gasteiger partial charge >= 0.3 is 5.97 Å². The number of hydrogen-bond donors (Lipinski definition) is 1. The summed E-state index contributed by atoms with van der Waals surface area (Å²) < 4.78 is 5.57. The van der Waals surface area contributed by atoms with Crippen molar-refractivity contribution in [3.8, 4) is 11.8 Å². The van der Waals surface area contributed by atoms with Gasteiger partial charge in [0.15, 0.2) is 0 Å². The SMILES string of the molecule is Cc1sc(C(=O)O)cc1COc1ccc(C#N)cc1Cl. The van der Waals surface area contributed by atoms with E-state index in [1.165, 1.54) is 17.4 Å². The average Bonchev–Trinajstić information content (AvgIpc) is 2.79. The number of halogens is 1. The molecular formula is C14H10ClNO3S. The van der Waals surface area contributed by atoms with Crippen molar-refractivity contribution < 1.29 is 14.6 Å². The molecule has 1 aromatic carbocycles. The van der Waals surface area contributed by atoms with Crippen LogP contribution in [0.5, 0.6) is 5.75 Å². The third-order valence-corrected chi connectivity index (χ3v) is 4.05. The molecule has 2 rings (SSSR count). The molecule has 0 radical (unpaired) electrons. The molecule has 0 spiro atoms. The second-order valence-electron chi connectivity index (χ2n) is 4.04. The van der Waals surface area contributed by atoms with Crippen LogP contribution in [0.1, 0.15) is 25.7 Å². The summed E-state index contributed by atoms with van der Waals surface area (Å²) in [5.41, 5.74) is 1.27. The molecule has 0 saturated carbocycles. The second-order valence-corrected chi connectivity index (χ2v) is 5.71. The van der Waals surface area contributed by atoms with Crippen molar-refractivity contribution in [2.75, 3.05) is 0 Å². The number of thiophene rings is 1. The van der Waals surface area contributed by atoms with Crippen molar-refractivity contribution in [2.45, 2.75) is 13.5 Å². The average molecular weight is 308 g/mol. The van der Waals surface area contributed by atoms with Gasteiger partial charge in [-0.05, 0) is 31.2 Å². The van der Waals surface area contributed by atoms with Crippen LogP contribution in [0.15, 0.2) is 24.3 Å². The summed E-state index contributed by atoms with van der Waals surface area (Å²) in [6, 6.07) is 8.36. The number of hydrogen-bond acceptors (Lipinski definition) is 4. The number of carboxylic acid groups (broad SMARTS) is 1.